The van der Waals surface area contributed by atoms with Crippen LogP contribution in [-0.2, 0) is 4.79 Å². The summed E-state index contributed by atoms with van der Waals surface area (Å²) in [5.74, 6) is 0.328. The number of nitrogens with zero attached hydrogens (tertiary/aromatic N) is 1. The molecule has 3 N–H and O–H groups in total. The van der Waals surface area contributed by atoms with E-state index in [1.54, 1.807) is 0 Å². The Morgan fingerprint density at radius 3 is 2.82 bits per heavy atom. The third-order valence-corrected chi connectivity index (χ3v) is 3.53. The molecule has 4 heteroatoms. The van der Waals surface area contributed by atoms with Gasteiger partial charge in [-0.25, -0.2) is 0 Å². The number of rotatable bonds is 6. The Morgan fingerprint density at radius 2 is 2.18 bits per heavy atom. The number of hydrogen-bond acceptors (Lipinski definition) is 1. The van der Waals surface area contributed by atoms with Crippen LogP contribution < -0.4 is 10.2 Å². The average Bonchev–Trinajstić information content (AvgIpc) is 2.28. The van der Waals surface area contributed by atoms with Crippen molar-refractivity contribution in [3.8, 4) is 0 Å². The van der Waals surface area contributed by atoms with E-state index >= 15 is 0 Å². The van der Waals surface area contributed by atoms with Crippen molar-refractivity contribution in [1.29, 1.82) is 0 Å². The monoisotopic (exact) mass is 243 g/mol. The predicted octanol–water partition coefficient (Wildman–Crippen LogP) is -1.51. The van der Waals surface area contributed by atoms with Crippen molar-refractivity contribution in [2.24, 2.45) is 0 Å². The second kappa shape index (κ2) is 7.67. The Bertz CT molecular complexity index is 231. The Morgan fingerprint density at radius 1 is 1.41 bits per heavy atom. The fourth-order valence-corrected chi connectivity index (χ4v) is 2.41. The van der Waals surface area contributed by atoms with E-state index in [1.165, 1.54) is 37.1 Å². The van der Waals surface area contributed by atoms with Crippen molar-refractivity contribution in [1.82, 2.24) is 4.90 Å². The van der Waals surface area contributed by atoms with Gasteiger partial charge < -0.3 is 15.1 Å². The first-order valence-corrected chi connectivity index (χ1v) is 7.01. The van der Waals surface area contributed by atoms with Gasteiger partial charge in [0.25, 0.3) is 5.91 Å². The van der Waals surface area contributed by atoms with Crippen molar-refractivity contribution in [2.45, 2.75) is 38.6 Å². The van der Waals surface area contributed by atoms with Gasteiger partial charge in [0.2, 0.25) is 0 Å². The van der Waals surface area contributed by atoms with E-state index in [-0.39, 0.29) is 0 Å². The quantitative estimate of drug-likeness (QED) is 0.547. The van der Waals surface area contributed by atoms with Gasteiger partial charge in [-0.1, -0.05) is 0 Å². The number of amides is 1. The minimum Gasteiger partial charge on any atom is -0.340 e. The predicted molar refractivity (Wildman–Crippen MR) is 69.0 cm³/mol. The lowest BCUT2D eigenvalue weighted by Gasteiger charge is -2.32. The summed E-state index contributed by atoms with van der Waals surface area (Å²) in [4.78, 5) is 15.5. The lowest BCUT2D eigenvalue weighted by molar-refractivity contribution is -0.860. The number of hydrogen-bond donors (Lipinski definition) is 2. The molecule has 0 radical (unpaired) electrons. The maximum absolute atomic E-state index is 12.0. The van der Waals surface area contributed by atoms with Crippen LogP contribution in [0.3, 0.4) is 0 Å². The number of carbonyl (C=O) groups is 1. The van der Waals surface area contributed by atoms with Crippen LogP contribution in [0.4, 0.5) is 0 Å². The molecule has 1 aliphatic rings. The molecule has 4 nitrogen and oxygen atoms in total. The molecular weight excluding hydrogens is 214 g/mol. The number of carbonyl (C=O) groups excluding carboxylic acids is 1. The normalized spacial score (nSPS) is 20.9. The number of quaternary nitrogens is 2. The first-order valence-electron chi connectivity index (χ1n) is 7.01. The molecule has 1 amide bonds. The van der Waals surface area contributed by atoms with E-state index in [1.807, 2.05) is 0 Å². The molecular formula is C13H29N3O+2. The molecule has 1 atom stereocenters. The minimum absolute atomic E-state index is 0.328. The van der Waals surface area contributed by atoms with Crippen LogP contribution in [0.15, 0.2) is 0 Å². The van der Waals surface area contributed by atoms with E-state index in [0.717, 1.165) is 13.1 Å². The molecule has 1 saturated heterocycles. The summed E-state index contributed by atoms with van der Waals surface area (Å²) in [7, 11) is 4.33. The number of nitrogens with two attached hydrogens (primary N) is 1. The van der Waals surface area contributed by atoms with Crippen LogP contribution in [0.1, 0.15) is 32.6 Å². The lowest BCUT2D eigenvalue weighted by Crippen LogP contribution is -3.06. The standard InChI is InChI=1S/C13H27N3O/c1-12-7-4-5-10-16(12)13(17)11-14-8-6-9-15(2)3/h12,14H,4-11H2,1-3H3/p+2/t12-/m1/s1. The lowest BCUT2D eigenvalue weighted by atomic mass is 10.0. The fraction of sp³-hybridized carbons (Fsp3) is 0.923. The van der Waals surface area contributed by atoms with E-state index in [2.05, 4.69) is 31.2 Å². The van der Waals surface area contributed by atoms with Crippen LogP contribution in [0.25, 0.3) is 0 Å². The highest BCUT2D eigenvalue weighted by molar-refractivity contribution is 5.77. The summed E-state index contributed by atoms with van der Waals surface area (Å²) in [6, 6.07) is 0.455. The van der Waals surface area contributed by atoms with Crippen molar-refractivity contribution >= 4 is 5.91 Å². The topological polar surface area (TPSA) is 41.4 Å². The van der Waals surface area contributed by atoms with E-state index in [0.29, 0.717) is 18.5 Å². The number of likely N-dealkylation sites (tertiary alicyclic amines) is 1. The Labute approximate surface area is 105 Å². The third kappa shape index (κ3) is 5.50. The summed E-state index contributed by atoms with van der Waals surface area (Å²) >= 11 is 0. The van der Waals surface area contributed by atoms with Crippen molar-refractivity contribution in [3.05, 3.63) is 0 Å². The van der Waals surface area contributed by atoms with Gasteiger partial charge in [-0.3, -0.25) is 4.79 Å². The molecule has 0 aromatic heterocycles. The molecule has 0 aromatic carbocycles. The van der Waals surface area contributed by atoms with Gasteiger partial charge in [-0.15, -0.1) is 0 Å². The molecule has 0 saturated carbocycles. The summed E-state index contributed by atoms with van der Waals surface area (Å²) in [5.41, 5.74) is 0. The molecule has 1 rings (SSSR count). The highest BCUT2D eigenvalue weighted by atomic mass is 16.2. The molecule has 0 aliphatic carbocycles. The molecule has 0 bridgehead atoms. The Balaban J connectivity index is 2.11. The van der Waals surface area contributed by atoms with Gasteiger partial charge in [-0.05, 0) is 26.2 Å². The second-order valence-corrected chi connectivity index (χ2v) is 5.52. The molecule has 17 heavy (non-hydrogen) atoms. The fourth-order valence-electron chi connectivity index (χ4n) is 2.41. The first-order chi connectivity index (χ1) is 8.11. The van der Waals surface area contributed by atoms with Crippen LogP contribution >= 0.6 is 0 Å². The summed E-state index contributed by atoms with van der Waals surface area (Å²) in [6.07, 6.45) is 4.82. The van der Waals surface area contributed by atoms with Gasteiger partial charge in [0.05, 0.1) is 27.2 Å². The van der Waals surface area contributed by atoms with Crippen molar-refractivity contribution in [3.63, 3.8) is 0 Å². The van der Waals surface area contributed by atoms with Crippen LogP contribution in [0, 0.1) is 0 Å². The Kier molecular flexibility index (Phi) is 6.52. The molecule has 0 unspecified atom stereocenters. The smallest absolute Gasteiger partial charge is 0.277 e. The maximum Gasteiger partial charge on any atom is 0.277 e. The van der Waals surface area contributed by atoms with Crippen LogP contribution in [-0.4, -0.2) is 57.1 Å². The zero-order valence-corrected chi connectivity index (χ0v) is 11.7. The average molecular weight is 243 g/mol. The number of nitrogens with one attached hydrogen (secondary N) is 1. The second-order valence-electron chi connectivity index (χ2n) is 5.52. The Hall–Kier alpha value is -0.610. The van der Waals surface area contributed by atoms with E-state index in [9.17, 15) is 4.79 Å². The molecule has 0 spiro atoms. The van der Waals surface area contributed by atoms with Gasteiger partial charge in [0.15, 0.2) is 6.54 Å². The van der Waals surface area contributed by atoms with E-state index in [4.69, 9.17) is 0 Å². The molecule has 1 heterocycles. The maximum atomic E-state index is 12.0. The first kappa shape index (κ1) is 14.5. The summed E-state index contributed by atoms with van der Waals surface area (Å²) in [6.45, 7) is 6.03. The molecule has 0 aromatic rings. The van der Waals surface area contributed by atoms with E-state index < -0.39 is 0 Å². The summed E-state index contributed by atoms with van der Waals surface area (Å²) < 4.78 is 0. The zero-order valence-electron chi connectivity index (χ0n) is 11.7. The number of piperidine rings is 1. The van der Waals surface area contributed by atoms with Crippen LogP contribution in [0.5, 0.6) is 0 Å². The van der Waals surface area contributed by atoms with Gasteiger partial charge in [0.1, 0.15) is 0 Å². The highest BCUT2D eigenvalue weighted by Crippen LogP contribution is 2.15. The minimum atomic E-state index is 0.328. The highest BCUT2D eigenvalue weighted by Gasteiger charge is 2.23. The van der Waals surface area contributed by atoms with Gasteiger partial charge >= 0.3 is 0 Å². The SMILES string of the molecule is C[C@@H]1CCCCN1C(=O)C[NH2+]CCC[NH+](C)C. The zero-order chi connectivity index (χ0) is 12.7. The molecule has 100 valence electrons. The van der Waals surface area contributed by atoms with Gasteiger partial charge in [0, 0.05) is 19.0 Å². The summed E-state index contributed by atoms with van der Waals surface area (Å²) in [5, 5.41) is 2.16. The molecule has 1 aliphatic heterocycles. The van der Waals surface area contributed by atoms with Crippen molar-refractivity contribution in [2.75, 3.05) is 40.3 Å². The van der Waals surface area contributed by atoms with Crippen LogP contribution in [0.2, 0.25) is 0 Å². The molecule has 1 fully saturated rings. The van der Waals surface area contributed by atoms with Crippen molar-refractivity contribution < 1.29 is 15.0 Å². The van der Waals surface area contributed by atoms with Gasteiger partial charge in [-0.2, -0.15) is 0 Å². The largest absolute Gasteiger partial charge is 0.340 e. The third-order valence-electron chi connectivity index (χ3n) is 3.53.